The van der Waals surface area contributed by atoms with E-state index in [4.69, 9.17) is 4.43 Å². The highest BCUT2D eigenvalue weighted by Gasteiger charge is 2.14. The summed E-state index contributed by atoms with van der Waals surface area (Å²) in [6.45, 7) is 4.41. The van der Waals surface area contributed by atoms with Gasteiger partial charge >= 0.3 is 0 Å². The molecule has 0 radical (unpaired) electrons. The Morgan fingerprint density at radius 2 is 2.67 bits per heavy atom. The molecular formula is C5H15NOSi2. The summed E-state index contributed by atoms with van der Waals surface area (Å²) >= 11 is 0. The Bertz CT molecular complexity index is 72.6. The zero-order valence-electron chi connectivity index (χ0n) is 6.02. The first-order valence-electron chi connectivity index (χ1n) is 3.74. The highest BCUT2D eigenvalue weighted by atomic mass is 29.2. The molecule has 0 spiro atoms. The van der Waals surface area contributed by atoms with Crippen LogP contribution >= 0.6 is 0 Å². The Morgan fingerprint density at radius 3 is 3.22 bits per heavy atom. The Kier molecular flexibility index (Phi) is 3.49. The highest BCUT2D eigenvalue weighted by Crippen LogP contribution is 2.00. The van der Waals surface area contributed by atoms with E-state index in [1.165, 1.54) is 12.5 Å². The molecule has 1 rings (SSSR count). The maximum absolute atomic E-state index is 5.47. The Labute approximate surface area is 60.4 Å². The summed E-state index contributed by atoms with van der Waals surface area (Å²) in [5, 5.41) is 0. The molecule has 1 N–H and O–H groups in total. The van der Waals surface area contributed by atoms with Gasteiger partial charge in [-0.2, -0.15) is 0 Å². The van der Waals surface area contributed by atoms with Gasteiger partial charge in [0.1, 0.15) is 8.48 Å². The maximum atomic E-state index is 5.47. The molecule has 9 heavy (non-hydrogen) atoms. The molecule has 4 heteroatoms. The van der Waals surface area contributed by atoms with Crippen molar-refractivity contribution in [3.05, 3.63) is 0 Å². The molecule has 1 fully saturated rings. The molecule has 0 aromatic heterocycles. The van der Waals surface area contributed by atoms with Crippen molar-refractivity contribution >= 4 is 17.8 Å². The van der Waals surface area contributed by atoms with Crippen LogP contribution in [0, 0.1) is 0 Å². The highest BCUT2D eigenvalue weighted by molar-refractivity contribution is 7.08. The summed E-state index contributed by atoms with van der Waals surface area (Å²) in [5.74, 6) is 0. The lowest BCUT2D eigenvalue weighted by Crippen LogP contribution is -2.43. The van der Waals surface area contributed by atoms with Crippen LogP contribution in [0.5, 0.6) is 0 Å². The van der Waals surface area contributed by atoms with Gasteiger partial charge in [-0.3, -0.25) is 0 Å². The second-order valence-electron chi connectivity index (χ2n) is 2.47. The van der Waals surface area contributed by atoms with E-state index in [1.54, 1.807) is 0 Å². The largest absolute Gasteiger partial charge is 0.426 e. The quantitative estimate of drug-likeness (QED) is 0.542. The van der Waals surface area contributed by atoms with E-state index >= 15 is 0 Å². The van der Waals surface area contributed by atoms with Crippen molar-refractivity contribution in [3.8, 4) is 0 Å². The van der Waals surface area contributed by atoms with Gasteiger partial charge < -0.3 is 9.41 Å². The molecule has 54 valence electrons. The molecule has 0 aromatic rings. The third kappa shape index (κ3) is 2.62. The van der Waals surface area contributed by atoms with Gasteiger partial charge in [0.05, 0.1) is 0 Å². The third-order valence-corrected chi connectivity index (χ3v) is 8.68. The van der Waals surface area contributed by atoms with E-state index in [-0.39, 0.29) is 9.28 Å². The van der Waals surface area contributed by atoms with Crippen LogP contribution in [-0.2, 0) is 4.43 Å². The number of rotatable bonds is 2. The number of hydrogen-bond donors (Lipinski definition) is 1. The van der Waals surface area contributed by atoms with E-state index in [0.29, 0.717) is 0 Å². The fraction of sp³-hybridized carbons (Fsp3) is 1.00. The van der Waals surface area contributed by atoms with Crippen LogP contribution in [0.25, 0.3) is 0 Å². The van der Waals surface area contributed by atoms with Crippen LogP contribution in [0.4, 0.5) is 0 Å². The van der Waals surface area contributed by atoms with Gasteiger partial charge in [-0.1, -0.05) is 6.92 Å². The summed E-state index contributed by atoms with van der Waals surface area (Å²) in [5.41, 5.74) is 0. The van der Waals surface area contributed by atoms with Crippen LogP contribution in [0.3, 0.4) is 0 Å². The fourth-order valence-electron chi connectivity index (χ4n) is 1.19. The Balaban J connectivity index is 2.08. The summed E-state index contributed by atoms with van der Waals surface area (Å²) in [4.78, 5) is 3.56. The summed E-state index contributed by atoms with van der Waals surface area (Å²) in [6.07, 6.45) is 1.32. The Morgan fingerprint density at radius 1 is 1.78 bits per heavy atom. The van der Waals surface area contributed by atoms with Gasteiger partial charge in [0.15, 0.2) is 9.28 Å². The minimum Gasteiger partial charge on any atom is -0.426 e. The van der Waals surface area contributed by atoms with E-state index in [9.17, 15) is 0 Å². The minimum atomic E-state index is -0.459. The first-order valence-corrected chi connectivity index (χ1v) is 8.98. The molecule has 0 bridgehead atoms. The SMILES string of the molecule is CCN[SiH]1CCCO[SiH2]1. The zero-order chi connectivity index (χ0) is 6.53. The van der Waals surface area contributed by atoms with E-state index in [0.717, 1.165) is 13.2 Å². The Hall–Kier alpha value is 0.354. The van der Waals surface area contributed by atoms with E-state index in [1.807, 2.05) is 0 Å². The van der Waals surface area contributed by atoms with Gasteiger partial charge in [0.2, 0.25) is 0 Å². The fourth-order valence-corrected chi connectivity index (χ4v) is 7.51. The molecule has 1 saturated heterocycles. The van der Waals surface area contributed by atoms with Crippen LogP contribution in [0.2, 0.25) is 6.04 Å². The van der Waals surface area contributed by atoms with Gasteiger partial charge in [0, 0.05) is 6.61 Å². The van der Waals surface area contributed by atoms with Crippen LogP contribution in [0.1, 0.15) is 13.3 Å². The molecule has 1 aliphatic heterocycles. The summed E-state index contributed by atoms with van der Waals surface area (Å²) in [7, 11) is -0.520. The molecule has 0 aromatic carbocycles. The van der Waals surface area contributed by atoms with Crippen molar-refractivity contribution in [1.29, 1.82) is 0 Å². The lowest BCUT2D eigenvalue weighted by molar-refractivity contribution is 0.334. The van der Waals surface area contributed by atoms with Crippen molar-refractivity contribution in [2.75, 3.05) is 13.2 Å². The van der Waals surface area contributed by atoms with Gasteiger partial charge in [-0.25, -0.2) is 0 Å². The summed E-state index contributed by atoms with van der Waals surface area (Å²) in [6, 6.07) is 1.49. The first kappa shape index (κ1) is 7.46. The van der Waals surface area contributed by atoms with Crippen LogP contribution < -0.4 is 4.98 Å². The minimum absolute atomic E-state index is 0.0607. The average Bonchev–Trinajstić information content (AvgIpc) is 1.91. The van der Waals surface area contributed by atoms with Crippen molar-refractivity contribution in [3.63, 3.8) is 0 Å². The topological polar surface area (TPSA) is 21.3 Å². The third-order valence-electron chi connectivity index (χ3n) is 1.65. The lowest BCUT2D eigenvalue weighted by Gasteiger charge is -2.20. The molecule has 2 nitrogen and oxygen atoms in total. The molecule has 0 amide bonds. The van der Waals surface area contributed by atoms with Crippen LogP contribution in [-0.4, -0.2) is 30.9 Å². The molecule has 1 heterocycles. The molecule has 1 unspecified atom stereocenters. The van der Waals surface area contributed by atoms with Gasteiger partial charge in [-0.05, 0) is 19.0 Å². The van der Waals surface area contributed by atoms with E-state index < -0.39 is 8.48 Å². The predicted molar refractivity (Wildman–Crippen MR) is 44.7 cm³/mol. The average molecular weight is 161 g/mol. The summed E-state index contributed by atoms with van der Waals surface area (Å²) < 4.78 is 5.47. The second kappa shape index (κ2) is 4.21. The number of nitrogens with one attached hydrogen (secondary N) is 1. The maximum Gasteiger partial charge on any atom is 0.164 e. The number of hydrogen-bond acceptors (Lipinski definition) is 2. The molecule has 0 aliphatic carbocycles. The normalized spacial score (nSPS) is 31.0. The molecule has 1 atom stereocenters. The molecule has 0 saturated carbocycles. The van der Waals surface area contributed by atoms with E-state index in [2.05, 4.69) is 11.9 Å². The molecular weight excluding hydrogens is 146 g/mol. The smallest absolute Gasteiger partial charge is 0.164 e. The van der Waals surface area contributed by atoms with Crippen LogP contribution in [0.15, 0.2) is 0 Å². The second-order valence-corrected chi connectivity index (χ2v) is 9.55. The van der Waals surface area contributed by atoms with Crippen molar-refractivity contribution < 1.29 is 4.43 Å². The standard InChI is InChI=1S/C5H15NOSi2/c1-2-6-9-5-3-4-7-8-9/h6,9H,2-5,8H2,1H3. The van der Waals surface area contributed by atoms with Crippen molar-refractivity contribution in [2.24, 2.45) is 0 Å². The predicted octanol–water partition coefficient (Wildman–Crippen LogP) is -0.680. The molecule has 1 aliphatic rings. The first-order chi connectivity index (χ1) is 4.43. The van der Waals surface area contributed by atoms with Gasteiger partial charge in [0.25, 0.3) is 0 Å². The van der Waals surface area contributed by atoms with Crippen molar-refractivity contribution in [1.82, 2.24) is 4.98 Å². The lowest BCUT2D eigenvalue weighted by atomic mass is 10.5. The van der Waals surface area contributed by atoms with Gasteiger partial charge in [-0.15, -0.1) is 0 Å². The van der Waals surface area contributed by atoms with Crippen molar-refractivity contribution in [2.45, 2.75) is 19.4 Å². The monoisotopic (exact) mass is 161 g/mol. The zero-order valence-corrected chi connectivity index (χ0v) is 8.59.